The summed E-state index contributed by atoms with van der Waals surface area (Å²) in [7, 11) is 0. The summed E-state index contributed by atoms with van der Waals surface area (Å²) in [5.74, 6) is -3.06. The molecule has 0 saturated carbocycles. The fourth-order valence-corrected chi connectivity index (χ4v) is 2.59. The Morgan fingerprint density at radius 1 is 1.12 bits per heavy atom. The lowest BCUT2D eigenvalue weighted by atomic mass is 9.89. The van der Waals surface area contributed by atoms with Crippen LogP contribution in [0.25, 0.3) is 10.8 Å². The number of benzene rings is 2. The lowest BCUT2D eigenvalue weighted by Gasteiger charge is -2.28. The summed E-state index contributed by atoms with van der Waals surface area (Å²) in [5, 5.41) is 13.8. The van der Waals surface area contributed by atoms with E-state index in [2.05, 4.69) is 5.32 Å². The molecule has 0 radical (unpaired) electrons. The van der Waals surface area contributed by atoms with E-state index >= 15 is 0 Å². The predicted molar refractivity (Wildman–Crippen MR) is 88.5 cm³/mol. The van der Waals surface area contributed by atoms with E-state index in [1.165, 1.54) is 0 Å². The average molecular weight is 329 g/mol. The zero-order valence-corrected chi connectivity index (χ0v) is 13.5. The summed E-state index contributed by atoms with van der Waals surface area (Å²) in [6, 6.07) is 13.0. The maximum Gasteiger partial charge on any atom is 0.344 e. The Morgan fingerprint density at radius 2 is 1.79 bits per heavy atom. The average Bonchev–Trinajstić information content (AvgIpc) is 2.53. The number of ether oxygens (including phenoxy) is 1. The Labute approximate surface area is 139 Å². The minimum absolute atomic E-state index is 0.0190. The van der Waals surface area contributed by atoms with Crippen LogP contribution in [-0.2, 0) is 25.5 Å². The van der Waals surface area contributed by atoms with Crippen molar-refractivity contribution in [2.24, 2.45) is 0 Å². The van der Waals surface area contributed by atoms with E-state index in [4.69, 9.17) is 4.74 Å². The molecule has 0 spiro atoms. The van der Waals surface area contributed by atoms with Gasteiger partial charge in [-0.15, -0.1) is 0 Å². The van der Waals surface area contributed by atoms with Gasteiger partial charge in [-0.25, -0.2) is 9.59 Å². The minimum Gasteiger partial charge on any atom is -0.479 e. The highest BCUT2D eigenvalue weighted by molar-refractivity contribution is 6.07. The van der Waals surface area contributed by atoms with Crippen LogP contribution in [0.4, 0.5) is 0 Å². The molecule has 2 aromatic carbocycles. The molecule has 2 N–H and O–H groups in total. The number of carbonyl (C=O) groups excluding carboxylic acids is 2. The molecule has 6 nitrogen and oxygen atoms in total. The summed E-state index contributed by atoms with van der Waals surface area (Å²) in [6.07, 6.45) is -0.203. The van der Waals surface area contributed by atoms with Gasteiger partial charge in [0.2, 0.25) is 11.4 Å². The molecule has 1 amide bonds. The van der Waals surface area contributed by atoms with Crippen molar-refractivity contribution in [3.05, 3.63) is 48.0 Å². The van der Waals surface area contributed by atoms with Crippen molar-refractivity contribution >= 4 is 28.6 Å². The first-order chi connectivity index (χ1) is 11.4. The number of hydrogen-bond donors (Lipinski definition) is 2. The second-order valence-corrected chi connectivity index (χ2v) is 5.47. The Hall–Kier alpha value is -2.89. The maximum absolute atomic E-state index is 12.3. The summed E-state index contributed by atoms with van der Waals surface area (Å²) < 4.78 is 4.89. The molecule has 0 saturated heterocycles. The number of hydrogen-bond acceptors (Lipinski definition) is 4. The molecular weight excluding hydrogens is 310 g/mol. The third kappa shape index (κ3) is 3.53. The molecule has 0 heterocycles. The Bertz CT molecular complexity index is 786. The first kappa shape index (κ1) is 17.5. The molecule has 0 aliphatic rings. The fraction of sp³-hybridized carbons (Fsp3) is 0.278. The molecule has 0 aliphatic heterocycles. The Balaban J connectivity index is 2.46. The van der Waals surface area contributed by atoms with E-state index in [0.717, 1.165) is 17.7 Å². The van der Waals surface area contributed by atoms with Crippen LogP contribution in [0.1, 0.15) is 19.4 Å². The molecule has 6 heteroatoms. The van der Waals surface area contributed by atoms with E-state index < -0.39 is 23.4 Å². The first-order valence-corrected chi connectivity index (χ1v) is 7.56. The third-order valence-corrected chi connectivity index (χ3v) is 3.66. The van der Waals surface area contributed by atoms with Gasteiger partial charge in [-0.2, -0.15) is 0 Å². The first-order valence-electron chi connectivity index (χ1n) is 7.56. The van der Waals surface area contributed by atoms with Crippen LogP contribution >= 0.6 is 0 Å². The molecule has 126 valence electrons. The smallest absolute Gasteiger partial charge is 0.344 e. The van der Waals surface area contributed by atoms with Crippen LogP contribution in [0.15, 0.2) is 42.5 Å². The Morgan fingerprint density at radius 3 is 2.38 bits per heavy atom. The molecule has 1 unspecified atom stereocenters. The summed E-state index contributed by atoms with van der Waals surface area (Å²) in [6.45, 7) is 2.76. The van der Waals surface area contributed by atoms with Crippen LogP contribution in [0.3, 0.4) is 0 Å². The second-order valence-electron chi connectivity index (χ2n) is 5.47. The van der Waals surface area contributed by atoms with Gasteiger partial charge in [0, 0.05) is 13.3 Å². The lowest BCUT2D eigenvalue weighted by molar-refractivity contribution is -0.164. The van der Waals surface area contributed by atoms with Gasteiger partial charge in [-0.3, -0.25) is 4.79 Å². The van der Waals surface area contributed by atoms with Crippen molar-refractivity contribution in [2.45, 2.75) is 25.8 Å². The highest BCUT2D eigenvalue weighted by Crippen LogP contribution is 2.21. The number of esters is 1. The van der Waals surface area contributed by atoms with Gasteiger partial charge in [0.15, 0.2) is 0 Å². The molecule has 0 aromatic heterocycles. The molecule has 24 heavy (non-hydrogen) atoms. The highest BCUT2D eigenvalue weighted by Gasteiger charge is 2.49. The van der Waals surface area contributed by atoms with Crippen LogP contribution in [-0.4, -0.2) is 35.1 Å². The van der Waals surface area contributed by atoms with Gasteiger partial charge < -0.3 is 15.2 Å². The van der Waals surface area contributed by atoms with Gasteiger partial charge in [0.05, 0.1) is 6.61 Å². The minimum atomic E-state index is -2.15. The second kappa shape index (κ2) is 7.12. The molecular formula is C18H19NO5. The number of aliphatic carboxylic acids is 1. The van der Waals surface area contributed by atoms with Gasteiger partial charge >= 0.3 is 11.9 Å². The molecule has 2 rings (SSSR count). The topological polar surface area (TPSA) is 92.7 Å². The predicted octanol–water partition coefficient (Wildman–Crippen LogP) is 1.90. The van der Waals surface area contributed by atoms with E-state index in [1.807, 2.05) is 30.3 Å². The van der Waals surface area contributed by atoms with Crippen molar-refractivity contribution in [3.8, 4) is 0 Å². The number of carboxylic acids is 1. The maximum atomic E-state index is 12.3. The summed E-state index contributed by atoms with van der Waals surface area (Å²) in [5.41, 5.74) is -1.54. The van der Waals surface area contributed by atoms with Gasteiger partial charge in [0.1, 0.15) is 0 Å². The highest BCUT2D eigenvalue weighted by atomic mass is 16.5. The van der Waals surface area contributed by atoms with Crippen molar-refractivity contribution < 1.29 is 24.2 Å². The monoisotopic (exact) mass is 329 g/mol. The van der Waals surface area contributed by atoms with Gasteiger partial charge in [-0.1, -0.05) is 42.5 Å². The molecule has 0 fully saturated rings. The zero-order valence-electron chi connectivity index (χ0n) is 13.5. The summed E-state index contributed by atoms with van der Waals surface area (Å²) in [4.78, 5) is 35.6. The number of carbonyl (C=O) groups is 3. The lowest BCUT2D eigenvalue weighted by Crippen LogP contribution is -2.61. The van der Waals surface area contributed by atoms with E-state index in [-0.39, 0.29) is 13.0 Å². The molecule has 1 atom stereocenters. The normalized spacial score (nSPS) is 13.1. The standard InChI is InChI=1S/C18H19NO5/c1-3-24-17(23)18(16(21)22,19-12(2)20)11-13-8-9-14-6-4-5-7-15(14)10-13/h4-10H,3,11H2,1-2H3,(H,19,20)(H,21,22). The van der Waals surface area contributed by atoms with Crippen LogP contribution in [0, 0.1) is 0 Å². The summed E-state index contributed by atoms with van der Waals surface area (Å²) >= 11 is 0. The van der Waals surface area contributed by atoms with Crippen molar-refractivity contribution in [1.29, 1.82) is 0 Å². The number of rotatable bonds is 6. The number of nitrogens with one attached hydrogen (secondary N) is 1. The fourth-order valence-electron chi connectivity index (χ4n) is 2.59. The number of carboxylic acid groups (broad SMARTS) is 1. The van der Waals surface area contributed by atoms with Crippen molar-refractivity contribution in [2.75, 3.05) is 6.61 Å². The number of fused-ring (bicyclic) bond motifs is 1. The third-order valence-electron chi connectivity index (χ3n) is 3.66. The largest absolute Gasteiger partial charge is 0.479 e. The van der Waals surface area contributed by atoms with E-state index in [1.54, 1.807) is 19.1 Å². The zero-order chi connectivity index (χ0) is 17.7. The van der Waals surface area contributed by atoms with Gasteiger partial charge in [0.25, 0.3) is 0 Å². The van der Waals surface area contributed by atoms with Gasteiger partial charge in [-0.05, 0) is 23.3 Å². The van der Waals surface area contributed by atoms with E-state index in [0.29, 0.717) is 5.56 Å². The quantitative estimate of drug-likeness (QED) is 0.624. The number of amides is 1. The van der Waals surface area contributed by atoms with Crippen molar-refractivity contribution in [3.63, 3.8) is 0 Å². The van der Waals surface area contributed by atoms with Crippen LogP contribution < -0.4 is 5.32 Å². The SMILES string of the molecule is CCOC(=O)C(Cc1ccc2ccccc2c1)(NC(C)=O)C(=O)O. The Kier molecular flexibility index (Phi) is 5.18. The van der Waals surface area contributed by atoms with Crippen LogP contribution in [0.2, 0.25) is 0 Å². The molecule has 2 aromatic rings. The van der Waals surface area contributed by atoms with Crippen LogP contribution in [0.5, 0.6) is 0 Å². The van der Waals surface area contributed by atoms with Crippen molar-refractivity contribution in [1.82, 2.24) is 5.32 Å². The van der Waals surface area contributed by atoms with E-state index in [9.17, 15) is 19.5 Å². The molecule has 0 bridgehead atoms. The molecule has 0 aliphatic carbocycles.